The lowest BCUT2D eigenvalue weighted by Crippen LogP contribution is -2.24. The normalized spacial score (nSPS) is 20.3. The Bertz CT molecular complexity index is 2670. The maximum Gasteiger partial charge on any atom is 0.435 e. The van der Waals surface area contributed by atoms with Gasteiger partial charge in [-0.3, -0.25) is 18.4 Å². The number of benzene rings is 2. The molecule has 3 aliphatic rings. The van der Waals surface area contributed by atoms with Crippen molar-refractivity contribution in [2.45, 2.75) is 73.9 Å². The molecule has 5 aromatic rings. The van der Waals surface area contributed by atoms with Gasteiger partial charge in [0.15, 0.2) is 11.5 Å². The number of carbonyl (C=O) groups is 1. The summed E-state index contributed by atoms with van der Waals surface area (Å²) < 4.78 is 117. The molecule has 2 aromatic carbocycles. The number of halogens is 8. The predicted octanol–water partition coefficient (Wildman–Crippen LogP) is 7.70. The molecule has 57 heavy (non-hydrogen) atoms. The first kappa shape index (κ1) is 39.1. The Morgan fingerprint density at radius 3 is 2.44 bits per heavy atom. The maximum atomic E-state index is 15.4. The van der Waals surface area contributed by atoms with E-state index in [9.17, 15) is 36.1 Å². The molecule has 0 spiro atoms. The molecule has 3 heterocycles. The molecule has 4 atom stereocenters. The standard InChI is InChI=1S/C40H33ClF7N5O3S/c1-52-35-27(6-7-30(41)33(35)31(50-52)19-57(2,3)56)26-5-4-24(8-9-38(55)10-11-38)49-34(26)21(12-20-13-22(42)16-23(43)14-20)15-25(54)18-53-37-32(36(51-53)40(46,47)48)28-17-29(28)39(37,44)45/h4-7,13-14,16,21,28-29,55H,2,10-12,15,17-19H2,1,3H3/t21-,28+,29-,57?/m1/s1. The van der Waals surface area contributed by atoms with E-state index in [1.165, 1.54) is 10.9 Å². The summed E-state index contributed by atoms with van der Waals surface area (Å²) in [7, 11) is -0.945. The summed E-state index contributed by atoms with van der Waals surface area (Å²) in [4.78, 5) is 18.8. The second-order valence-corrected chi connectivity index (χ2v) is 18.5. The van der Waals surface area contributed by atoms with E-state index in [1.54, 1.807) is 31.3 Å². The van der Waals surface area contributed by atoms with Gasteiger partial charge in [0.1, 0.15) is 35.2 Å². The number of fused-ring (bicyclic) bond motifs is 4. The van der Waals surface area contributed by atoms with Crippen molar-refractivity contribution in [2.24, 2.45) is 13.0 Å². The van der Waals surface area contributed by atoms with Crippen LogP contribution in [0.1, 0.15) is 77.1 Å². The monoisotopic (exact) mass is 831 g/mol. The van der Waals surface area contributed by atoms with E-state index in [1.807, 2.05) is 0 Å². The fraction of sp³-hybridized carbons (Fsp3) is 0.375. The minimum Gasteiger partial charge on any atom is -0.378 e. The summed E-state index contributed by atoms with van der Waals surface area (Å²) in [5.41, 5.74) is -2.01. The average molecular weight is 832 g/mol. The minimum absolute atomic E-state index is 0.00789. The van der Waals surface area contributed by atoms with E-state index >= 15 is 8.78 Å². The number of rotatable bonds is 10. The number of aliphatic hydroxyl groups is 1. The molecule has 0 radical (unpaired) electrons. The number of alkyl halides is 5. The van der Waals surface area contributed by atoms with Crippen LogP contribution in [0.15, 0.2) is 42.5 Å². The van der Waals surface area contributed by atoms with Gasteiger partial charge in [-0.15, -0.1) is 0 Å². The summed E-state index contributed by atoms with van der Waals surface area (Å²) in [6, 6.07) is 9.27. The van der Waals surface area contributed by atoms with Gasteiger partial charge in [-0.05, 0) is 88.8 Å². The number of Topliss-reactive ketones (excluding diaryl/α,β-unsaturated/α-hetero) is 1. The van der Waals surface area contributed by atoms with Crippen LogP contribution in [0.4, 0.5) is 30.7 Å². The Balaban J connectivity index is 1.27. The zero-order valence-electron chi connectivity index (χ0n) is 30.4. The van der Waals surface area contributed by atoms with Gasteiger partial charge in [-0.25, -0.2) is 13.8 Å². The van der Waals surface area contributed by atoms with Crippen LogP contribution >= 0.6 is 11.6 Å². The highest BCUT2D eigenvalue weighted by Gasteiger charge is 2.68. The van der Waals surface area contributed by atoms with Gasteiger partial charge < -0.3 is 5.11 Å². The molecule has 0 saturated heterocycles. The van der Waals surface area contributed by atoms with E-state index in [4.69, 9.17) is 16.6 Å². The number of aromatic nitrogens is 5. The molecule has 3 aliphatic carbocycles. The summed E-state index contributed by atoms with van der Waals surface area (Å²) in [5.74, 6) is -0.309. The molecule has 1 N–H and O–H groups in total. The SMILES string of the molecule is C=S(C)(=O)Cc1nn(C)c2c(-c3ccc(C#CC4(O)CC4)nc3[C@@H](CC(=O)Cn3nc(C(F)(F)F)c4c3C(F)(F)[C@@H]3C[C@H]43)Cc3cc(F)cc(F)c3)ccc(Cl)c12. The van der Waals surface area contributed by atoms with Gasteiger partial charge in [-0.2, -0.15) is 32.1 Å². The van der Waals surface area contributed by atoms with E-state index in [2.05, 4.69) is 27.9 Å². The summed E-state index contributed by atoms with van der Waals surface area (Å²) in [6.45, 7) is -0.944. The molecule has 1 unspecified atom stereocenters. The molecule has 298 valence electrons. The van der Waals surface area contributed by atoms with Crippen molar-refractivity contribution < 1.29 is 44.8 Å². The first-order valence-electron chi connectivity index (χ1n) is 17.9. The van der Waals surface area contributed by atoms with Crippen LogP contribution in [0.3, 0.4) is 0 Å². The highest BCUT2D eigenvalue weighted by Crippen LogP contribution is 2.68. The average Bonchev–Trinajstić information content (AvgIpc) is 3.96. The van der Waals surface area contributed by atoms with Crippen molar-refractivity contribution in [1.29, 1.82) is 0 Å². The summed E-state index contributed by atoms with van der Waals surface area (Å²) >= 11 is 6.69. The fourth-order valence-electron chi connectivity index (χ4n) is 7.95. The van der Waals surface area contributed by atoms with Gasteiger partial charge >= 0.3 is 6.18 Å². The molecule has 2 fully saturated rings. The molecule has 8 rings (SSSR count). The Hall–Kier alpha value is -4.72. The smallest absolute Gasteiger partial charge is 0.378 e. The van der Waals surface area contributed by atoms with Crippen molar-refractivity contribution in [3.05, 3.63) is 98.7 Å². The van der Waals surface area contributed by atoms with Crippen molar-refractivity contribution in [3.63, 3.8) is 0 Å². The van der Waals surface area contributed by atoms with Gasteiger partial charge in [-0.1, -0.05) is 23.6 Å². The third kappa shape index (κ3) is 7.45. The van der Waals surface area contributed by atoms with Crippen LogP contribution in [0.5, 0.6) is 0 Å². The third-order valence-corrected chi connectivity index (χ3v) is 11.8. The number of ketones is 1. The molecule has 17 heteroatoms. The lowest BCUT2D eigenvalue weighted by atomic mass is 9.86. The number of aryl methyl sites for hydroxylation is 1. The van der Waals surface area contributed by atoms with Gasteiger partial charge in [0.05, 0.1) is 27.7 Å². The second-order valence-electron chi connectivity index (χ2n) is 15.4. The Kier molecular flexibility index (Phi) is 9.21. The van der Waals surface area contributed by atoms with Crippen molar-refractivity contribution in [2.75, 3.05) is 6.26 Å². The Labute approximate surface area is 327 Å². The zero-order valence-corrected chi connectivity index (χ0v) is 31.9. The fourth-order valence-corrected chi connectivity index (χ4v) is 8.99. The number of carbonyl (C=O) groups excluding carboxylic acids is 1. The molecule has 8 nitrogen and oxygen atoms in total. The van der Waals surface area contributed by atoms with E-state index in [-0.39, 0.29) is 40.6 Å². The molecule has 0 aliphatic heterocycles. The first-order valence-corrected chi connectivity index (χ1v) is 20.5. The second kappa shape index (κ2) is 13.4. The van der Waals surface area contributed by atoms with E-state index in [0.717, 1.165) is 12.1 Å². The van der Waals surface area contributed by atoms with Crippen LogP contribution in [0.2, 0.25) is 5.02 Å². The number of nitrogens with zero attached hydrogens (tertiary/aromatic N) is 5. The molecular weight excluding hydrogens is 799 g/mol. The summed E-state index contributed by atoms with van der Waals surface area (Å²) in [5, 5.41) is 19.3. The Morgan fingerprint density at radius 1 is 1.11 bits per heavy atom. The number of hydrogen-bond acceptors (Lipinski definition) is 6. The maximum absolute atomic E-state index is 15.4. The zero-order chi connectivity index (χ0) is 41.0. The lowest BCUT2D eigenvalue weighted by molar-refractivity contribution is -0.142. The van der Waals surface area contributed by atoms with E-state index < -0.39 is 92.3 Å². The largest absolute Gasteiger partial charge is 0.435 e. The van der Waals surface area contributed by atoms with Gasteiger partial charge in [0.25, 0.3) is 5.92 Å². The van der Waals surface area contributed by atoms with Crippen molar-refractivity contribution in [1.82, 2.24) is 24.5 Å². The lowest BCUT2D eigenvalue weighted by Gasteiger charge is -2.21. The first-order chi connectivity index (χ1) is 26.6. The van der Waals surface area contributed by atoms with Crippen LogP contribution in [0.25, 0.3) is 22.0 Å². The highest BCUT2D eigenvalue weighted by atomic mass is 35.5. The molecular formula is C40H33ClF7N5O3S. The van der Waals surface area contributed by atoms with Gasteiger partial charge in [0.2, 0.25) is 0 Å². The quantitative estimate of drug-likeness (QED) is 0.0880. The molecule has 2 saturated carbocycles. The Morgan fingerprint density at radius 2 is 1.79 bits per heavy atom. The molecule has 0 bridgehead atoms. The van der Waals surface area contributed by atoms with E-state index in [0.29, 0.717) is 51.3 Å². The van der Waals surface area contributed by atoms with Crippen LogP contribution in [0, 0.1) is 29.4 Å². The number of pyridine rings is 1. The highest BCUT2D eigenvalue weighted by molar-refractivity contribution is 7.98. The van der Waals surface area contributed by atoms with Crippen molar-refractivity contribution >= 4 is 43.7 Å². The van der Waals surface area contributed by atoms with Gasteiger partial charge in [0, 0.05) is 59.7 Å². The third-order valence-electron chi connectivity index (χ3n) is 10.6. The van der Waals surface area contributed by atoms with Crippen LogP contribution in [-0.2, 0) is 52.2 Å². The molecule has 0 amide bonds. The topological polar surface area (TPSA) is 103 Å². The van der Waals surface area contributed by atoms with Crippen molar-refractivity contribution in [3.8, 4) is 23.0 Å². The van der Waals surface area contributed by atoms with Crippen LogP contribution in [-0.4, -0.2) is 57.4 Å². The minimum atomic E-state index is -5.04. The predicted molar refractivity (Wildman–Crippen MR) is 199 cm³/mol. The summed E-state index contributed by atoms with van der Waals surface area (Å²) in [6.07, 6.45) is -3.57. The van der Waals surface area contributed by atoms with Crippen LogP contribution < -0.4 is 0 Å². The molecule has 3 aromatic heterocycles. The number of hydrogen-bond donors (Lipinski definition) is 1.